The zero-order chi connectivity index (χ0) is 10.8. The van der Waals surface area contributed by atoms with Crippen molar-refractivity contribution in [3.63, 3.8) is 0 Å². The van der Waals surface area contributed by atoms with Crippen LogP contribution in [0.15, 0.2) is 29.6 Å². The molecule has 16 heavy (non-hydrogen) atoms. The van der Waals surface area contributed by atoms with Gasteiger partial charge in [0.05, 0.1) is 0 Å². The number of benzene rings is 1. The molecule has 2 heteroatoms. The first-order valence-corrected chi connectivity index (χ1v) is 6.97. The maximum Gasteiger partial charge on any atom is 0.0345 e. The summed E-state index contributed by atoms with van der Waals surface area (Å²) in [6, 6.07) is 8.76. The third-order valence-electron chi connectivity index (χ3n) is 3.55. The highest BCUT2D eigenvalue weighted by molar-refractivity contribution is 7.17. The molecule has 0 spiro atoms. The molecule has 0 radical (unpaired) electrons. The summed E-state index contributed by atoms with van der Waals surface area (Å²) in [5, 5.41) is 7.25. The van der Waals surface area contributed by atoms with Gasteiger partial charge >= 0.3 is 0 Å². The van der Waals surface area contributed by atoms with Crippen molar-refractivity contribution in [1.82, 2.24) is 5.32 Å². The van der Waals surface area contributed by atoms with E-state index >= 15 is 0 Å². The van der Waals surface area contributed by atoms with Gasteiger partial charge in [-0.3, -0.25) is 0 Å². The van der Waals surface area contributed by atoms with Crippen LogP contribution in [0.3, 0.4) is 0 Å². The summed E-state index contributed by atoms with van der Waals surface area (Å²) in [7, 11) is 0. The lowest BCUT2D eigenvalue weighted by Crippen LogP contribution is -2.09. The molecule has 0 amide bonds. The summed E-state index contributed by atoms with van der Waals surface area (Å²) in [4.78, 5) is 0. The van der Waals surface area contributed by atoms with Crippen molar-refractivity contribution in [3.8, 4) is 0 Å². The second-order valence-corrected chi connectivity index (χ2v) is 5.57. The van der Waals surface area contributed by atoms with E-state index in [0.717, 1.165) is 5.92 Å². The van der Waals surface area contributed by atoms with Crippen molar-refractivity contribution in [2.45, 2.75) is 19.3 Å². The number of rotatable bonds is 3. The van der Waals surface area contributed by atoms with Crippen LogP contribution in [0.4, 0.5) is 0 Å². The van der Waals surface area contributed by atoms with Crippen LogP contribution in [0.25, 0.3) is 10.1 Å². The summed E-state index contributed by atoms with van der Waals surface area (Å²) in [5.74, 6) is 0.902. The minimum absolute atomic E-state index is 0.902. The average molecular weight is 231 g/mol. The van der Waals surface area contributed by atoms with Crippen molar-refractivity contribution in [2.75, 3.05) is 13.1 Å². The highest BCUT2D eigenvalue weighted by atomic mass is 32.1. The second kappa shape index (κ2) is 4.56. The van der Waals surface area contributed by atoms with Crippen LogP contribution < -0.4 is 5.32 Å². The van der Waals surface area contributed by atoms with Crippen LogP contribution in [-0.2, 0) is 6.42 Å². The minimum atomic E-state index is 0.902. The first-order chi connectivity index (χ1) is 7.93. The molecule has 2 aromatic rings. The molecular weight excluding hydrogens is 214 g/mol. The van der Waals surface area contributed by atoms with Crippen LogP contribution >= 0.6 is 11.3 Å². The Morgan fingerprint density at radius 1 is 1.31 bits per heavy atom. The van der Waals surface area contributed by atoms with E-state index < -0.39 is 0 Å². The number of nitrogens with one attached hydrogen (secondary N) is 1. The molecular formula is C14H17NS. The zero-order valence-electron chi connectivity index (χ0n) is 9.41. The first-order valence-electron chi connectivity index (χ1n) is 6.09. The lowest BCUT2D eigenvalue weighted by Gasteiger charge is -2.06. The highest BCUT2D eigenvalue weighted by Crippen LogP contribution is 2.27. The summed E-state index contributed by atoms with van der Waals surface area (Å²) in [6.45, 7) is 2.44. The maximum absolute atomic E-state index is 3.44. The van der Waals surface area contributed by atoms with Gasteiger partial charge in [0.25, 0.3) is 0 Å². The highest BCUT2D eigenvalue weighted by Gasteiger charge is 2.14. The zero-order valence-corrected chi connectivity index (χ0v) is 10.2. The Kier molecular flexibility index (Phi) is 2.94. The van der Waals surface area contributed by atoms with Crippen molar-refractivity contribution in [3.05, 3.63) is 35.2 Å². The Morgan fingerprint density at radius 3 is 3.12 bits per heavy atom. The minimum Gasteiger partial charge on any atom is -0.316 e. The van der Waals surface area contributed by atoms with Crippen molar-refractivity contribution in [1.29, 1.82) is 0 Å². The summed E-state index contributed by atoms with van der Waals surface area (Å²) in [6.07, 6.45) is 3.95. The van der Waals surface area contributed by atoms with Gasteiger partial charge in [0.1, 0.15) is 0 Å². The molecule has 0 bridgehead atoms. The van der Waals surface area contributed by atoms with Crippen LogP contribution in [0.5, 0.6) is 0 Å². The molecule has 3 rings (SSSR count). The van der Waals surface area contributed by atoms with E-state index in [-0.39, 0.29) is 0 Å². The molecule has 0 aliphatic carbocycles. The topological polar surface area (TPSA) is 12.0 Å². The molecule has 0 saturated carbocycles. The van der Waals surface area contributed by atoms with E-state index in [4.69, 9.17) is 0 Å². The van der Waals surface area contributed by atoms with Gasteiger partial charge in [-0.25, -0.2) is 0 Å². The van der Waals surface area contributed by atoms with Gasteiger partial charge in [0, 0.05) is 4.70 Å². The molecule has 1 nitrogen and oxygen atoms in total. The van der Waals surface area contributed by atoms with Crippen LogP contribution in [0.2, 0.25) is 0 Å². The Balaban J connectivity index is 1.73. The Hall–Kier alpha value is -0.860. The molecule has 1 fully saturated rings. The number of fused-ring (bicyclic) bond motifs is 1. The van der Waals surface area contributed by atoms with E-state index in [2.05, 4.69) is 35.0 Å². The molecule has 1 unspecified atom stereocenters. The van der Waals surface area contributed by atoms with Gasteiger partial charge in [0.2, 0.25) is 0 Å². The van der Waals surface area contributed by atoms with Gasteiger partial charge in [0.15, 0.2) is 0 Å². The van der Waals surface area contributed by atoms with Crippen molar-refractivity contribution in [2.24, 2.45) is 5.92 Å². The largest absolute Gasteiger partial charge is 0.316 e. The molecule has 1 aliphatic rings. The fourth-order valence-corrected chi connectivity index (χ4v) is 3.54. The smallest absolute Gasteiger partial charge is 0.0345 e. The molecule has 84 valence electrons. The van der Waals surface area contributed by atoms with Gasteiger partial charge in [-0.2, -0.15) is 0 Å². The molecule has 1 saturated heterocycles. The van der Waals surface area contributed by atoms with Gasteiger partial charge in [-0.05, 0) is 60.7 Å². The molecule has 1 aromatic heterocycles. The van der Waals surface area contributed by atoms with Gasteiger partial charge < -0.3 is 5.32 Å². The summed E-state index contributed by atoms with van der Waals surface area (Å²) >= 11 is 1.88. The fourth-order valence-electron chi connectivity index (χ4n) is 2.55. The van der Waals surface area contributed by atoms with E-state index in [1.54, 1.807) is 5.56 Å². The molecule has 1 atom stereocenters. The SMILES string of the molecule is c1ccc2c(CCC3CCNC3)csc2c1. The lowest BCUT2D eigenvalue weighted by atomic mass is 9.99. The van der Waals surface area contributed by atoms with E-state index in [1.165, 1.54) is 42.4 Å². The third-order valence-corrected chi connectivity index (χ3v) is 4.56. The van der Waals surface area contributed by atoms with E-state index in [9.17, 15) is 0 Å². The van der Waals surface area contributed by atoms with E-state index in [0.29, 0.717) is 0 Å². The predicted molar refractivity (Wildman–Crippen MR) is 71.1 cm³/mol. The summed E-state index contributed by atoms with van der Waals surface area (Å²) in [5.41, 5.74) is 1.55. The molecule has 2 heterocycles. The number of hydrogen-bond acceptors (Lipinski definition) is 2. The number of hydrogen-bond donors (Lipinski definition) is 1. The number of thiophene rings is 1. The Bertz CT molecular complexity index is 468. The van der Waals surface area contributed by atoms with Crippen LogP contribution in [-0.4, -0.2) is 13.1 Å². The lowest BCUT2D eigenvalue weighted by molar-refractivity contribution is 0.534. The Labute approximate surface area is 100 Å². The quantitative estimate of drug-likeness (QED) is 0.853. The monoisotopic (exact) mass is 231 g/mol. The molecule has 1 aliphatic heterocycles. The van der Waals surface area contributed by atoms with Crippen molar-refractivity contribution >= 4 is 21.4 Å². The average Bonchev–Trinajstić information content (AvgIpc) is 2.96. The first kappa shape index (κ1) is 10.3. The van der Waals surface area contributed by atoms with Crippen LogP contribution in [0, 0.1) is 5.92 Å². The number of aryl methyl sites for hydroxylation is 1. The predicted octanol–water partition coefficient (Wildman–Crippen LogP) is 3.44. The van der Waals surface area contributed by atoms with Gasteiger partial charge in [-0.15, -0.1) is 11.3 Å². The summed E-state index contributed by atoms with van der Waals surface area (Å²) < 4.78 is 1.43. The van der Waals surface area contributed by atoms with Crippen molar-refractivity contribution < 1.29 is 0 Å². The molecule has 1 aromatic carbocycles. The fraction of sp³-hybridized carbons (Fsp3) is 0.429. The standard InChI is InChI=1S/C14H17NS/c1-2-4-14-13(3-1)12(10-16-14)6-5-11-7-8-15-9-11/h1-4,10-11,15H,5-9H2. The van der Waals surface area contributed by atoms with E-state index in [1.807, 2.05) is 11.3 Å². The third kappa shape index (κ3) is 2.00. The maximum atomic E-state index is 3.44. The normalized spacial score (nSPS) is 20.6. The second-order valence-electron chi connectivity index (χ2n) is 4.65. The van der Waals surface area contributed by atoms with Gasteiger partial charge in [-0.1, -0.05) is 18.2 Å². The molecule has 1 N–H and O–H groups in total. The van der Waals surface area contributed by atoms with Crippen LogP contribution in [0.1, 0.15) is 18.4 Å². The Morgan fingerprint density at radius 2 is 2.25 bits per heavy atom.